The third-order valence-corrected chi connectivity index (χ3v) is 3.38. The van der Waals surface area contributed by atoms with Gasteiger partial charge in [0.05, 0.1) is 18.3 Å². The Bertz CT molecular complexity index is 338. The van der Waals surface area contributed by atoms with Crippen molar-refractivity contribution in [2.45, 2.75) is 39.0 Å². The summed E-state index contributed by atoms with van der Waals surface area (Å²) < 4.78 is 7.50. The summed E-state index contributed by atoms with van der Waals surface area (Å²) in [6.45, 7) is 5.88. The average molecular weight is 224 g/mol. The molecule has 0 saturated carbocycles. The number of rotatable bonds is 4. The van der Waals surface area contributed by atoms with Gasteiger partial charge in [0.25, 0.3) is 0 Å². The maximum Gasteiger partial charge on any atom is 0.0594 e. The molecule has 5 nitrogen and oxygen atoms in total. The number of hydrogen-bond donors (Lipinski definition) is 2. The van der Waals surface area contributed by atoms with Gasteiger partial charge < -0.3 is 4.74 Å². The molecule has 1 fully saturated rings. The molecule has 3 N–H and O–H groups in total. The first-order valence-electron chi connectivity index (χ1n) is 5.86. The van der Waals surface area contributed by atoms with Crippen LogP contribution in [0.1, 0.15) is 31.9 Å². The second-order valence-corrected chi connectivity index (χ2v) is 4.30. The molecule has 1 aliphatic heterocycles. The van der Waals surface area contributed by atoms with Gasteiger partial charge in [-0.05, 0) is 20.3 Å². The third kappa shape index (κ3) is 2.11. The summed E-state index contributed by atoms with van der Waals surface area (Å²) in [5, 5.41) is 4.28. The molecule has 3 atom stereocenters. The molecule has 16 heavy (non-hydrogen) atoms. The maximum atomic E-state index is 5.65. The van der Waals surface area contributed by atoms with Crippen molar-refractivity contribution in [3.05, 3.63) is 18.0 Å². The zero-order valence-corrected chi connectivity index (χ0v) is 9.89. The Hall–Kier alpha value is -0.910. The number of nitrogens with zero attached hydrogens (tertiary/aromatic N) is 2. The standard InChI is InChI=1S/C11H20N4O/c1-3-15-7-9(6-13-15)11(14-12)10-4-5-16-8(10)2/h6-8,10-11,14H,3-5,12H2,1-2H3. The van der Waals surface area contributed by atoms with Gasteiger partial charge in [-0.1, -0.05) is 0 Å². The minimum atomic E-state index is 0.137. The second kappa shape index (κ2) is 4.95. The molecule has 3 unspecified atom stereocenters. The third-order valence-electron chi connectivity index (χ3n) is 3.38. The smallest absolute Gasteiger partial charge is 0.0594 e. The quantitative estimate of drug-likeness (QED) is 0.587. The van der Waals surface area contributed by atoms with Gasteiger partial charge in [0.1, 0.15) is 0 Å². The van der Waals surface area contributed by atoms with Crippen LogP contribution in [-0.2, 0) is 11.3 Å². The lowest BCUT2D eigenvalue weighted by molar-refractivity contribution is 0.0954. The minimum Gasteiger partial charge on any atom is -0.378 e. The molecule has 5 heteroatoms. The summed E-state index contributed by atoms with van der Waals surface area (Å²) in [6.07, 6.45) is 5.24. The molecule has 0 bridgehead atoms. The van der Waals surface area contributed by atoms with E-state index in [4.69, 9.17) is 10.6 Å². The van der Waals surface area contributed by atoms with Gasteiger partial charge in [-0.15, -0.1) is 0 Å². The highest BCUT2D eigenvalue weighted by Crippen LogP contribution is 2.32. The van der Waals surface area contributed by atoms with Crippen molar-refractivity contribution < 1.29 is 4.74 Å². The predicted molar refractivity (Wildman–Crippen MR) is 61.5 cm³/mol. The van der Waals surface area contributed by atoms with Crippen LogP contribution in [0.25, 0.3) is 0 Å². The van der Waals surface area contributed by atoms with E-state index in [0.717, 1.165) is 25.1 Å². The van der Waals surface area contributed by atoms with Crippen LogP contribution in [0.4, 0.5) is 0 Å². The van der Waals surface area contributed by atoms with Gasteiger partial charge in [0.2, 0.25) is 0 Å². The summed E-state index contributed by atoms with van der Waals surface area (Å²) >= 11 is 0. The van der Waals surface area contributed by atoms with Gasteiger partial charge in [-0.3, -0.25) is 16.0 Å². The molecule has 0 spiro atoms. The highest BCUT2D eigenvalue weighted by atomic mass is 16.5. The van der Waals surface area contributed by atoms with E-state index < -0.39 is 0 Å². The van der Waals surface area contributed by atoms with Crippen LogP contribution in [0.5, 0.6) is 0 Å². The Morgan fingerprint density at radius 3 is 3.06 bits per heavy atom. The van der Waals surface area contributed by atoms with E-state index >= 15 is 0 Å². The summed E-state index contributed by atoms with van der Waals surface area (Å²) in [5.74, 6) is 6.09. The predicted octanol–water partition coefficient (Wildman–Crippen LogP) is 0.832. The zero-order valence-electron chi connectivity index (χ0n) is 9.89. The molecule has 1 aromatic rings. The summed E-state index contributed by atoms with van der Waals surface area (Å²) in [7, 11) is 0. The van der Waals surface area contributed by atoms with Crippen molar-refractivity contribution >= 4 is 0 Å². The number of nitrogens with one attached hydrogen (secondary N) is 1. The van der Waals surface area contributed by atoms with E-state index in [-0.39, 0.29) is 12.1 Å². The Balaban J connectivity index is 2.15. The van der Waals surface area contributed by atoms with Crippen LogP contribution >= 0.6 is 0 Å². The van der Waals surface area contributed by atoms with Crippen molar-refractivity contribution in [2.75, 3.05) is 6.61 Å². The summed E-state index contributed by atoms with van der Waals surface area (Å²) in [5.41, 5.74) is 4.04. The first-order valence-corrected chi connectivity index (χ1v) is 5.86. The van der Waals surface area contributed by atoms with Crippen LogP contribution in [0.2, 0.25) is 0 Å². The van der Waals surface area contributed by atoms with Gasteiger partial charge in [0.15, 0.2) is 0 Å². The molecule has 1 aromatic heterocycles. The monoisotopic (exact) mass is 224 g/mol. The van der Waals surface area contributed by atoms with Crippen LogP contribution < -0.4 is 11.3 Å². The van der Waals surface area contributed by atoms with E-state index in [1.54, 1.807) is 0 Å². The van der Waals surface area contributed by atoms with Crippen LogP contribution in [0.15, 0.2) is 12.4 Å². The second-order valence-electron chi connectivity index (χ2n) is 4.30. The fourth-order valence-electron chi connectivity index (χ4n) is 2.37. The Morgan fingerprint density at radius 1 is 1.75 bits per heavy atom. The Kier molecular flexibility index (Phi) is 3.58. The van der Waals surface area contributed by atoms with E-state index in [0.29, 0.717) is 5.92 Å². The molecular formula is C11H20N4O. The molecule has 0 aliphatic carbocycles. The van der Waals surface area contributed by atoms with Crippen LogP contribution in [0.3, 0.4) is 0 Å². The van der Waals surface area contributed by atoms with Crippen molar-refractivity contribution in [1.82, 2.24) is 15.2 Å². The van der Waals surface area contributed by atoms with E-state index in [1.807, 2.05) is 10.9 Å². The maximum absolute atomic E-state index is 5.65. The largest absolute Gasteiger partial charge is 0.378 e. The molecule has 0 amide bonds. The van der Waals surface area contributed by atoms with Crippen molar-refractivity contribution in [3.8, 4) is 0 Å². The van der Waals surface area contributed by atoms with Crippen LogP contribution in [-0.4, -0.2) is 22.5 Å². The minimum absolute atomic E-state index is 0.137. The zero-order chi connectivity index (χ0) is 11.5. The van der Waals surface area contributed by atoms with Crippen LogP contribution in [0, 0.1) is 5.92 Å². The lowest BCUT2D eigenvalue weighted by atomic mass is 9.90. The molecule has 90 valence electrons. The fraction of sp³-hybridized carbons (Fsp3) is 0.727. The summed E-state index contributed by atoms with van der Waals surface area (Å²) in [4.78, 5) is 0. The topological polar surface area (TPSA) is 65.1 Å². The highest BCUT2D eigenvalue weighted by Gasteiger charge is 2.32. The number of aryl methyl sites for hydroxylation is 1. The molecule has 0 radical (unpaired) electrons. The lowest BCUT2D eigenvalue weighted by Crippen LogP contribution is -2.36. The fourth-order valence-corrected chi connectivity index (χ4v) is 2.37. The van der Waals surface area contributed by atoms with Gasteiger partial charge in [-0.2, -0.15) is 5.10 Å². The highest BCUT2D eigenvalue weighted by molar-refractivity contribution is 5.12. The number of aromatic nitrogens is 2. The number of hydrazine groups is 1. The molecule has 0 aromatic carbocycles. The Morgan fingerprint density at radius 2 is 2.56 bits per heavy atom. The van der Waals surface area contributed by atoms with E-state index in [1.165, 1.54) is 0 Å². The first-order chi connectivity index (χ1) is 7.76. The van der Waals surface area contributed by atoms with Crippen molar-refractivity contribution in [2.24, 2.45) is 11.8 Å². The SMILES string of the molecule is CCn1cc(C(NN)C2CCOC2C)cn1. The Labute approximate surface area is 95.9 Å². The van der Waals surface area contributed by atoms with Crippen molar-refractivity contribution in [1.29, 1.82) is 0 Å². The first kappa shape index (κ1) is 11.6. The molecule has 1 aliphatic rings. The van der Waals surface area contributed by atoms with Gasteiger partial charge in [-0.25, -0.2) is 0 Å². The average Bonchev–Trinajstić information content (AvgIpc) is 2.90. The lowest BCUT2D eigenvalue weighted by Gasteiger charge is -2.23. The van der Waals surface area contributed by atoms with Crippen molar-refractivity contribution in [3.63, 3.8) is 0 Å². The summed E-state index contributed by atoms with van der Waals surface area (Å²) in [6, 6.07) is 0.137. The number of ether oxygens (including phenoxy) is 1. The number of hydrogen-bond acceptors (Lipinski definition) is 4. The molecule has 2 rings (SSSR count). The van der Waals surface area contributed by atoms with Gasteiger partial charge >= 0.3 is 0 Å². The van der Waals surface area contributed by atoms with Gasteiger partial charge in [0, 0.05) is 30.8 Å². The van der Waals surface area contributed by atoms with E-state index in [9.17, 15) is 0 Å². The molecular weight excluding hydrogens is 204 g/mol. The molecule has 1 saturated heterocycles. The molecule has 2 heterocycles. The van der Waals surface area contributed by atoms with E-state index in [2.05, 4.69) is 30.6 Å². The number of nitrogens with two attached hydrogens (primary N) is 1. The normalized spacial score (nSPS) is 27.2.